The monoisotopic (exact) mass is 320 g/mol. The van der Waals surface area contributed by atoms with Gasteiger partial charge in [0.25, 0.3) is 0 Å². The van der Waals surface area contributed by atoms with E-state index in [9.17, 15) is 5.11 Å². The minimum atomic E-state index is -0.475. The highest BCUT2D eigenvalue weighted by Crippen LogP contribution is 2.18. The van der Waals surface area contributed by atoms with Crippen molar-refractivity contribution >= 4 is 21.7 Å². The maximum atomic E-state index is 9.46. The maximum absolute atomic E-state index is 9.46. The zero-order valence-corrected chi connectivity index (χ0v) is 12.6. The standard InChI is InChI=1S/C15H17BrN2O/c1-11(19)13-6-7-15(17-9-13)18(2)10-12-4-3-5-14(16)8-12/h3-9,11,19H,10H2,1-2H3/t11-/m0/s1. The number of aliphatic hydroxyl groups is 1. The van der Waals surface area contributed by atoms with E-state index in [1.807, 2.05) is 31.3 Å². The fourth-order valence-electron chi connectivity index (χ4n) is 1.86. The van der Waals surface area contributed by atoms with Gasteiger partial charge in [-0.3, -0.25) is 0 Å². The molecular formula is C15H17BrN2O. The Morgan fingerprint density at radius 3 is 2.68 bits per heavy atom. The lowest BCUT2D eigenvalue weighted by molar-refractivity contribution is 0.199. The predicted octanol–water partition coefficient (Wildman–Crippen LogP) is 3.53. The van der Waals surface area contributed by atoms with Gasteiger partial charge in [-0.25, -0.2) is 4.98 Å². The number of aromatic nitrogens is 1. The minimum Gasteiger partial charge on any atom is -0.389 e. The fraction of sp³-hybridized carbons (Fsp3) is 0.267. The average molecular weight is 321 g/mol. The predicted molar refractivity (Wildman–Crippen MR) is 81.1 cm³/mol. The van der Waals surface area contributed by atoms with E-state index in [2.05, 4.69) is 37.9 Å². The SMILES string of the molecule is C[C@H](O)c1ccc(N(C)Cc2cccc(Br)c2)nc1. The summed E-state index contributed by atoms with van der Waals surface area (Å²) in [5.74, 6) is 0.893. The van der Waals surface area contributed by atoms with Crippen LogP contribution in [0, 0.1) is 0 Å². The maximum Gasteiger partial charge on any atom is 0.128 e. The van der Waals surface area contributed by atoms with E-state index in [0.717, 1.165) is 22.4 Å². The number of hydrogen-bond donors (Lipinski definition) is 1. The largest absolute Gasteiger partial charge is 0.389 e. The first-order chi connectivity index (χ1) is 9.06. The lowest BCUT2D eigenvalue weighted by Gasteiger charge is -2.19. The molecule has 0 aliphatic heterocycles. The van der Waals surface area contributed by atoms with E-state index in [0.29, 0.717) is 0 Å². The number of pyridine rings is 1. The van der Waals surface area contributed by atoms with Gasteiger partial charge in [-0.05, 0) is 36.2 Å². The highest BCUT2D eigenvalue weighted by Gasteiger charge is 2.06. The van der Waals surface area contributed by atoms with Gasteiger partial charge in [0.15, 0.2) is 0 Å². The molecule has 2 aromatic rings. The Kier molecular flexibility index (Phi) is 4.56. The number of anilines is 1. The van der Waals surface area contributed by atoms with Gasteiger partial charge in [-0.1, -0.05) is 34.1 Å². The molecule has 1 atom stereocenters. The summed E-state index contributed by atoms with van der Waals surface area (Å²) >= 11 is 3.47. The molecule has 4 heteroatoms. The number of nitrogens with zero attached hydrogens (tertiary/aromatic N) is 2. The van der Waals surface area contributed by atoms with Gasteiger partial charge in [0.1, 0.15) is 5.82 Å². The molecule has 0 saturated heterocycles. The third-order valence-electron chi connectivity index (χ3n) is 2.95. The summed E-state index contributed by atoms with van der Waals surface area (Å²) < 4.78 is 1.08. The Morgan fingerprint density at radius 1 is 1.32 bits per heavy atom. The lowest BCUT2D eigenvalue weighted by Crippen LogP contribution is -2.17. The van der Waals surface area contributed by atoms with Crippen LogP contribution in [0.5, 0.6) is 0 Å². The lowest BCUT2D eigenvalue weighted by atomic mass is 10.2. The smallest absolute Gasteiger partial charge is 0.128 e. The Hall–Kier alpha value is -1.39. The normalized spacial score (nSPS) is 12.2. The molecule has 0 amide bonds. The van der Waals surface area contributed by atoms with E-state index >= 15 is 0 Å². The van der Waals surface area contributed by atoms with Crippen LogP contribution in [0.25, 0.3) is 0 Å². The van der Waals surface area contributed by atoms with Gasteiger partial charge in [-0.2, -0.15) is 0 Å². The molecule has 1 aromatic heterocycles. The number of benzene rings is 1. The summed E-state index contributed by atoms with van der Waals surface area (Å²) in [5.41, 5.74) is 2.05. The molecule has 100 valence electrons. The van der Waals surface area contributed by atoms with Crippen molar-refractivity contribution in [2.24, 2.45) is 0 Å². The van der Waals surface area contributed by atoms with Gasteiger partial charge in [0.2, 0.25) is 0 Å². The van der Waals surface area contributed by atoms with Crippen LogP contribution in [0.4, 0.5) is 5.82 Å². The van der Waals surface area contributed by atoms with Gasteiger partial charge in [0.05, 0.1) is 6.10 Å². The molecule has 1 N–H and O–H groups in total. The van der Waals surface area contributed by atoms with Gasteiger partial charge >= 0.3 is 0 Å². The van der Waals surface area contributed by atoms with Crippen molar-refractivity contribution in [1.29, 1.82) is 0 Å². The van der Waals surface area contributed by atoms with E-state index in [1.54, 1.807) is 13.1 Å². The number of aliphatic hydroxyl groups excluding tert-OH is 1. The zero-order chi connectivity index (χ0) is 13.8. The van der Waals surface area contributed by atoms with Crippen molar-refractivity contribution in [3.8, 4) is 0 Å². The van der Waals surface area contributed by atoms with Crippen molar-refractivity contribution in [3.63, 3.8) is 0 Å². The third-order valence-corrected chi connectivity index (χ3v) is 3.45. The van der Waals surface area contributed by atoms with Gasteiger partial charge in [0, 0.05) is 24.3 Å². The Labute approximate surface area is 122 Å². The second-order valence-corrected chi connectivity index (χ2v) is 5.53. The highest BCUT2D eigenvalue weighted by molar-refractivity contribution is 9.10. The van der Waals surface area contributed by atoms with E-state index in [4.69, 9.17) is 0 Å². The zero-order valence-electron chi connectivity index (χ0n) is 11.0. The molecular weight excluding hydrogens is 304 g/mol. The summed E-state index contributed by atoms with van der Waals surface area (Å²) in [6, 6.07) is 12.1. The summed E-state index contributed by atoms with van der Waals surface area (Å²) in [4.78, 5) is 6.45. The van der Waals surface area contributed by atoms with Crippen LogP contribution in [-0.4, -0.2) is 17.1 Å². The number of rotatable bonds is 4. The Balaban J connectivity index is 2.09. The molecule has 0 radical (unpaired) electrons. The molecule has 0 unspecified atom stereocenters. The van der Waals surface area contributed by atoms with Crippen LogP contribution in [0.1, 0.15) is 24.2 Å². The Bertz CT molecular complexity index is 540. The van der Waals surface area contributed by atoms with E-state index in [-0.39, 0.29) is 0 Å². The van der Waals surface area contributed by atoms with Gasteiger partial charge < -0.3 is 10.0 Å². The fourth-order valence-corrected chi connectivity index (χ4v) is 2.31. The molecule has 19 heavy (non-hydrogen) atoms. The van der Waals surface area contributed by atoms with Crippen LogP contribution >= 0.6 is 15.9 Å². The molecule has 0 spiro atoms. The quantitative estimate of drug-likeness (QED) is 0.936. The van der Waals surface area contributed by atoms with E-state index < -0.39 is 6.10 Å². The molecule has 0 fully saturated rings. The molecule has 0 aliphatic carbocycles. The first-order valence-electron chi connectivity index (χ1n) is 6.16. The summed E-state index contributed by atoms with van der Waals surface area (Å²) in [5, 5.41) is 9.46. The Morgan fingerprint density at radius 2 is 2.11 bits per heavy atom. The molecule has 0 aliphatic rings. The first-order valence-corrected chi connectivity index (χ1v) is 6.95. The van der Waals surface area contributed by atoms with Crippen LogP contribution < -0.4 is 4.90 Å². The average Bonchev–Trinajstić information content (AvgIpc) is 2.39. The summed E-state index contributed by atoms with van der Waals surface area (Å²) in [7, 11) is 2.01. The second-order valence-electron chi connectivity index (χ2n) is 4.61. The van der Waals surface area contributed by atoms with Crippen molar-refractivity contribution in [3.05, 3.63) is 58.2 Å². The second kappa shape index (κ2) is 6.17. The van der Waals surface area contributed by atoms with Gasteiger partial charge in [-0.15, -0.1) is 0 Å². The highest BCUT2D eigenvalue weighted by atomic mass is 79.9. The van der Waals surface area contributed by atoms with E-state index in [1.165, 1.54) is 5.56 Å². The minimum absolute atomic E-state index is 0.475. The molecule has 0 bridgehead atoms. The number of hydrogen-bond acceptors (Lipinski definition) is 3. The molecule has 2 rings (SSSR count). The van der Waals surface area contributed by atoms with Crippen LogP contribution in [0.3, 0.4) is 0 Å². The van der Waals surface area contributed by atoms with Crippen LogP contribution in [0.2, 0.25) is 0 Å². The van der Waals surface area contributed by atoms with Crippen molar-refractivity contribution in [1.82, 2.24) is 4.98 Å². The summed E-state index contributed by atoms with van der Waals surface area (Å²) in [6.07, 6.45) is 1.24. The molecule has 1 aromatic carbocycles. The third kappa shape index (κ3) is 3.78. The molecule has 0 saturated carbocycles. The van der Waals surface area contributed by atoms with Crippen molar-refractivity contribution in [2.75, 3.05) is 11.9 Å². The van der Waals surface area contributed by atoms with Crippen molar-refractivity contribution < 1.29 is 5.11 Å². The van der Waals surface area contributed by atoms with Crippen LogP contribution in [0.15, 0.2) is 47.1 Å². The van der Waals surface area contributed by atoms with Crippen LogP contribution in [-0.2, 0) is 6.54 Å². The first kappa shape index (κ1) is 14.0. The molecule has 1 heterocycles. The number of halogens is 1. The summed E-state index contributed by atoms with van der Waals surface area (Å²) in [6.45, 7) is 2.53. The molecule has 3 nitrogen and oxygen atoms in total. The topological polar surface area (TPSA) is 36.4 Å². The van der Waals surface area contributed by atoms with Crippen molar-refractivity contribution in [2.45, 2.75) is 19.6 Å².